The molecule has 5 rings (SSSR count). The van der Waals surface area contributed by atoms with Crippen LogP contribution in [-0.4, -0.2) is 44.1 Å². The van der Waals surface area contributed by atoms with Crippen LogP contribution in [-0.2, 0) is 11.3 Å². The van der Waals surface area contributed by atoms with E-state index in [-0.39, 0.29) is 17.9 Å². The Bertz CT molecular complexity index is 997. The summed E-state index contributed by atoms with van der Waals surface area (Å²) in [7, 11) is 0. The second-order valence-corrected chi connectivity index (χ2v) is 7.73. The molecule has 2 amide bonds. The Morgan fingerprint density at radius 2 is 1.96 bits per heavy atom. The highest BCUT2D eigenvalue weighted by Gasteiger charge is 2.34. The first-order valence-electron chi connectivity index (χ1n) is 9.89. The smallest absolute Gasteiger partial charge is 0.270 e. The van der Waals surface area contributed by atoms with Gasteiger partial charge in [0.25, 0.3) is 5.91 Å². The predicted molar refractivity (Wildman–Crippen MR) is 105 cm³/mol. The fourth-order valence-electron chi connectivity index (χ4n) is 4.37. The van der Waals surface area contributed by atoms with Gasteiger partial charge in [-0.1, -0.05) is 31.0 Å². The number of aromatic nitrogens is 3. The van der Waals surface area contributed by atoms with Gasteiger partial charge < -0.3 is 15.2 Å². The van der Waals surface area contributed by atoms with Crippen LogP contribution in [0.1, 0.15) is 47.9 Å². The van der Waals surface area contributed by atoms with Gasteiger partial charge in [0.1, 0.15) is 11.7 Å². The summed E-state index contributed by atoms with van der Waals surface area (Å²) in [5.41, 5.74) is 2.36. The maximum Gasteiger partial charge on any atom is 0.270 e. The third-order valence-electron chi connectivity index (χ3n) is 5.85. The highest BCUT2D eigenvalue weighted by Crippen LogP contribution is 2.25. The Morgan fingerprint density at radius 3 is 2.79 bits per heavy atom. The van der Waals surface area contributed by atoms with Crippen LogP contribution in [0.25, 0.3) is 10.9 Å². The lowest BCUT2D eigenvalue weighted by Crippen LogP contribution is -2.48. The van der Waals surface area contributed by atoms with Crippen LogP contribution in [0.2, 0.25) is 0 Å². The van der Waals surface area contributed by atoms with Gasteiger partial charge in [-0.2, -0.15) is 5.10 Å². The number of benzene rings is 1. The van der Waals surface area contributed by atoms with Gasteiger partial charge in [-0.25, -0.2) is 0 Å². The Labute approximate surface area is 162 Å². The molecule has 144 valence electrons. The second-order valence-electron chi connectivity index (χ2n) is 7.73. The summed E-state index contributed by atoms with van der Waals surface area (Å²) in [4.78, 5) is 31.0. The van der Waals surface area contributed by atoms with E-state index in [2.05, 4.69) is 15.4 Å². The summed E-state index contributed by atoms with van der Waals surface area (Å²) < 4.78 is 1.76. The van der Waals surface area contributed by atoms with Gasteiger partial charge in [-0.3, -0.25) is 14.3 Å². The van der Waals surface area contributed by atoms with Crippen LogP contribution in [0.5, 0.6) is 0 Å². The van der Waals surface area contributed by atoms with E-state index in [1.165, 1.54) is 0 Å². The van der Waals surface area contributed by atoms with Crippen molar-refractivity contribution in [3.05, 3.63) is 54.0 Å². The van der Waals surface area contributed by atoms with Crippen molar-refractivity contribution >= 4 is 22.7 Å². The minimum absolute atomic E-state index is 0.0500. The number of nitrogens with zero attached hydrogens (tertiary/aromatic N) is 3. The number of fused-ring (bicyclic) bond motifs is 2. The molecule has 0 spiro atoms. The number of carbonyl (C=O) groups excluding carboxylic acids is 2. The Morgan fingerprint density at radius 1 is 1.14 bits per heavy atom. The molecule has 1 aromatic carbocycles. The lowest BCUT2D eigenvalue weighted by molar-refractivity contribution is -0.126. The molecule has 7 nitrogen and oxygen atoms in total. The largest absolute Gasteiger partial charge is 0.351 e. The zero-order valence-corrected chi connectivity index (χ0v) is 15.6. The normalized spacial score (nSPS) is 19.7. The van der Waals surface area contributed by atoms with Crippen molar-refractivity contribution in [2.45, 2.75) is 44.3 Å². The number of rotatable bonds is 3. The van der Waals surface area contributed by atoms with Crippen LogP contribution >= 0.6 is 0 Å². The number of carbonyl (C=O) groups is 2. The molecule has 2 aliphatic rings. The number of nitrogens with one attached hydrogen (secondary N) is 2. The van der Waals surface area contributed by atoms with E-state index in [0.29, 0.717) is 18.8 Å². The summed E-state index contributed by atoms with van der Waals surface area (Å²) in [6, 6.07) is 11.3. The molecule has 3 heterocycles. The number of para-hydroxylation sites is 1. The summed E-state index contributed by atoms with van der Waals surface area (Å²) in [5.74, 6) is -0.145. The summed E-state index contributed by atoms with van der Waals surface area (Å²) >= 11 is 0. The molecule has 7 heteroatoms. The number of aromatic amines is 1. The first-order chi connectivity index (χ1) is 13.7. The zero-order chi connectivity index (χ0) is 19.1. The van der Waals surface area contributed by atoms with Crippen LogP contribution in [0.3, 0.4) is 0 Å². The Hall–Kier alpha value is -3.09. The molecule has 1 aliphatic heterocycles. The van der Waals surface area contributed by atoms with E-state index < -0.39 is 6.04 Å². The topological polar surface area (TPSA) is 83.0 Å². The van der Waals surface area contributed by atoms with Crippen LogP contribution in [0.15, 0.2) is 42.6 Å². The summed E-state index contributed by atoms with van der Waals surface area (Å²) in [6.07, 6.45) is 6.08. The molecule has 0 bridgehead atoms. The Balaban J connectivity index is 1.40. The molecular formula is C21H23N5O2. The molecule has 1 saturated carbocycles. The van der Waals surface area contributed by atoms with Crippen molar-refractivity contribution in [3.63, 3.8) is 0 Å². The van der Waals surface area contributed by atoms with Crippen molar-refractivity contribution in [2.75, 3.05) is 6.54 Å². The van der Waals surface area contributed by atoms with Crippen molar-refractivity contribution in [3.8, 4) is 0 Å². The van der Waals surface area contributed by atoms with Crippen molar-refractivity contribution in [1.29, 1.82) is 0 Å². The lowest BCUT2D eigenvalue weighted by atomic mass is 10.1. The first kappa shape index (κ1) is 17.0. The number of hydrogen-bond donors (Lipinski definition) is 2. The predicted octanol–water partition coefficient (Wildman–Crippen LogP) is 2.62. The van der Waals surface area contributed by atoms with Gasteiger partial charge in [0.15, 0.2) is 0 Å². The molecule has 2 aromatic heterocycles. The lowest BCUT2D eigenvalue weighted by Gasteiger charge is -2.33. The average molecular weight is 377 g/mol. The van der Waals surface area contributed by atoms with Crippen LogP contribution in [0, 0.1) is 0 Å². The molecule has 1 atom stereocenters. The molecule has 0 saturated heterocycles. The van der Waals surface area contributed by atoms with E-state index in [4.69, 9.17) is 0 Å². The van der Waals surface area contributed by atoms with Gasteiger partial charge in [0, 0.05) is 23.1 Å². The van der Waals surface area contributed by atoms with E-state index in [9.17, 15) is 9.59 Å². The van der Waals surface area contributed by atoms with Crippen molar-refractivity contribution < 1.29 is 9.59 Å². The van der Waals surface area contributed by atoms with Crippen molar-refractivity contribution in [1.82, 2.24) is 25.0 Å². The minimum atomic E-state index is -0.493. The molecule has 1 fully saturated rings. The van der Waals surface area contributed by atoms with Gasteiger partial charge in [-0.05, 0) is 31.0 Å². The molecule has 1 aliphatic carbocycles. The number of hydrogen-bond acceptors (Lipinski definition) is 3. The van der Waals surface area contributed by atoms with Crippen LogP contribution in [0.4, 0.5) is 0 Å². The molecule has 2 N–H and O–H groups in total. The number of amides is 2. The quantitative estimate of drug-likeness (QED) is 0.736. The maximum absolute atomic E-state index is 13.1. The molecule has 3 aromatic rings. The first-order valence-corrected chi connectivity index (χ1v) is 9.89. The standard InChI is InChI=1S/C21H23N5O2/c27-20(23-15-6-2-3-7-15)19-13-25(12-16-9-10-22-26(16)19)21(28)18-11-14-5-1-4-8-17(14)24-18/h1,4-5,8-11,15,19,24H,2-3,6-7,12-13H2,(H,23,27)/t19-/m0/s1. The second kappa shape index (κ2) is 6.82. The fraction of sp³-hybridized carbons (Fsp3) is 0.381. The number of H-pyrrole nitrogens is 1. The molecular weight excluding hydrogens is 354 g/mol. The van der Waals surface area contributed by atoms with E-state index in [1.54, 1.807) is 15.8 Å². The third-order valence-corrected chi connectivity index (χ3v) is 5.85. The van der Waals surface area contributed by atoms with Gasteiger partial charge in [0.2, 0.25) is 5.91 Å². The minimum Gasteiger partial charge on any atom is -0.351 e. The summed E-state index contributed by atoms with van der Waals surface area (Å²) in [6.45, 7) is 0.767. The SMILES string of the molecule is O=C(NC1CCCC1)[C@@H]1CN(C(=O)c2cc3ccccc3[nH]2)Cc2ccnn21. The zero-order valence-electron chi connectivity index (χ0n) is 15.6. The average Bonchev–Trinajstić information content (AvgIpc) is 3.45. The van der Waals surface area contributed by atoms with E-state index in [1.807, 2.05) is 36.4 Å². The maximum atomic E-state index is 13.1. The van der Waals surface area contributed by atoms with Gasteiger partial charge in [-0.15, -0.1) is 0 Å². The monoisotopic (exact) mass is 377 g/mol. The summed E-state index contributed by atoms with van der Waals surface area (Å²) in [5, 5.41) is 8.50. The van der Waals surface area contributed by atoms with Crippen LogP contribution < -0.4 is 5.32 Å². The molecule has 0 unspecified atom stereocenters. The van der Waals surface area contributed by atoms with Crippen molar-refractivity contribution in [2.24, 2.45) is 0 Å². The highest BCUT2D eigenvalue weighted by molar-refractivity contribution is 5.98. The van der Waals surface area contributed by atoms with E-state index >= 15 is 0 Å². The van der Waals surface area contributed by atoms with Gasteiger partial charge >= 0.3 is 0 Å². The third kappa shape index (κ3) is 2.96. The van der Waals surface area contributed by atoms with Gasteiger partial charge in [0.05, 0.1) is 18.8 Å². The van der Waals surface area contributed by atoms with E-state index in [0.717, 1.165) is 42.3 Å². The molecule has 28 heavy (non-hydrogen) atoms. The fourth-order valence-corrected chi connectivity index (χ4v) is 4.37. The Kier molecular flexibility index (Phi) is 4.15. The molecule has 0 radical (unpaired) electrons. The highest BCUT2D eigenvalue weighted by atomic mass is 16.2.